The highest BCUT2D eigenvalue weighted by Gasteiger charge is 2.33. The molecule has 0 fully saturated rings. The van der Waals surface area contributed by atoms with Crippen molar-refractivity contribution in [2.24, 2.45) is 0 Å². The number of rotatable bonds is 3. The van der Waals surface area contributed by atoms with Crippen LogP contribution < -0.4 is 4.90 Å². The van der Waals surface area contributed by atoms with Crippen LogP contribution in [0.3, 0.4) is 0 Å². The van der Waals surface area contributed by atoms with Gasteiger partial charge >= 0.3 is 6.18 Å². The van der Waals surface area contributed by atoms with Crippen molar-refractivity contribution >= 4 is 22.9 Å². The van der Waals surface area contributed by atoms with Crippen LogP contribution in [0.4, 0.5) is 19.1 Å². The van der Waals surface area contributed by atoms with E-state index in [0.717, 1.165) is 23.3 Å². The maximum Gasteiger partial charge on any atom is 0.417 e. The van der Waals surface area contributed by atoms with E-state index >= 15 is 0 Å². The summed E-state index contributed by atoms with van der Waals surface area (Å²) in [5.41, 5.74) is 1.89. The molecule has 0 radical (unpaired) electrons. The van der Waals surface area contributed by atoms with Crippen LogP contribution in [0, 0.1) is 0 Å². The topological polar surface area (TPSA) is 68.8 Å². The number of anilines is 1. The zero-order chi connectivity index (χ0) is 22.6. The van der Waals surface area contributed by atoms with Gasteiger partial charge in [-0.3, -0.25) is 9.69 Å². The number of hydrogen-bond donors (Lipinski definition) is 0. The van der Waals surface area contributed by atoms with Crippen molar-refractivity contribution in [1.29, 1.82) is 0 Å². The number of pyridine rings is 1. The lowest BCUT2D eigenvalue weighted by Crippen LogP contribution is -2.30. The van der Waals surface area contributed by atoms with Gasteiger partial charge in [-0.25, -0.2) is 14.6 Å². The molecule has 1 aromatic carbocycles. The number of benzene rings is 1. The molecule has 32 heavy (non-hydrogen) atoms. The van der Waals surface area contributed by atoms with E-state index in [2.05, 4.69) is 15.1 Å². The van der Waals surface area contributed by atoms with E-state index in [-0.39, 0.29) is 17.6 Å². The summed E-state index contributed by atoms with van der Waals surface area (Å²) < 4.78 is 42.1. The monoisotopic (exact) mass is 440 g/mol. The van der Waals surface area contributed by atoms with E-state index in [9.17, 15) is 18.0 Å². The lowest BCUT2D eigenvalue weighted by molar-refractivity contribution is -0.137. The van der Waals surface area contributed by atoms with Gasteiger partial charge in [0.25, 0.3) is 5.91 Å². The molecular weight excluding hydrogens is 421 g/mol. The third kappa shape index (κ3) is 3.14. The second-order valence-electron chi connectivity index (χ2n) is 7.92. The van der Waals surface area contributed by atoms with Gasteiger partial charge in [-0.1, -0.05) is 26.0 Å². The average Bonchev–Trinajstić information content (AvgIpc) is 3.46. The number of hydrogen-bond acceptors (Lipinski definition) is 4. The number of amides is 1. The SMILES string of the molecule is CC(C)c1c(C(=O)N2CCn3c2nc2ccccc23)cnn1-c1ccc(C(F)(F)F)cn1. The van der Waals surface area contributed by atoms with Crippen molar-refractivity contribution in [2.75, 3.05) is 11.4 Å². The van der Waals surface area contributed by atoms with E-state index in [4.69, 9.17) is 0 Å². The molecule has 1 amide bonds. The Bertz CT molecular complexity index is 1320. The van der Waals surface area contributed by atoms with Crippen molar-refractivity contribution < 1.29 is 18.0 Å². The van der Waals surface area contributed by atoms with E-state index in [1.54, 1.807) is 4.90 Å². The zero-order valence-electron chi connectivity index (χ0n) is 17.3. The van der Waals surface area contributed by atoms with Gasteiger partial charge in [0, 0.05) is 19.3 Å². The molecule has 1 aliphatic rings. The minimum absolute atomic E-state index is 0.123. The van der Waals surface area contributed by atoms with Crippen LogP contribution in [0.5, 0.6) is 0 Å². The standard InChI is InChI=1S/C22H19F3N6O/c1-13(2)19-15(12-27-31(19)18-8-7-14(11-26-18)22(23,24)25)20(32)30-10-9-29-17-6-4-3-5-16(17)28-21(29)30/h3-8,11-13H,9-10H2,1-2H3. The van der Waals surface area contributed by atoms with Gasteiger partial charge in [0.05, 0.1) is 34.1 Å². The number of imidazole rings is 1. The number of halogens is 3. The summed E-state index contributed by atoms with van der Waals surface area (Å²) in [6.45, 7) is 4.90. The molecule has 164 valence electrons. The largest absolute Gasteiger partial charge is 0.417 e. The molecular formula is C22H19F3N6O. The Morgan fingerprint density at radius 3 is 2.53 bits per heavy atom. The third-order valence-electron chi connectivity index (χ3n) is 5.54. The molecule has 0 atom stereocenters. The van der Waals surface area contributed by atoms with E-state index in [1.807, 2.05) is 42.7 Å². The number of alkyl halides is 3. The average molecular weight is 440 g/mol. The predicted octanol–water partition coefficient (Wildman–Crippen LogP) is 4.42. The Labute approximate surface area is 181 Å². The van der Waals surface area contributed by atoms with Gasteiger partial charge < -0.3 is 4.57 Å². The summed E-state index contributed by atoms with van der Waals surface area (Å²) in [4.78, 5) is 23.7. The van der Waals surface area contributed by atoms with E-state index < -0.39 is 11.7 Å². The summed E-state index contributed by atoms with van der Waals surface area (Å²) in [7, 11) is 0. The van der Waals surface area contributed by atoms with Crippen molar-refractivity contribution in [2.45, 2.75) is 32.5 Å². The van der Waals surface area contributed by atoms with Crippen LogP contribution in [-0.4, -0.2) is 36.8 Å². The number of carbonyl (C=O) groups excluding carboxylic acids is 1. The molecule has 10 heteroatoms. The molecule has 3 aromatic heterocycles. The van der Waals surface area contributed by atoms with Crippen molar-refractivity contribution in [1.82, 2.24) is 24.3 Å². The third-order valence-corrected chi connectivity index (χ3v) is 5.54. The van der Waals surface area contributed by atoms with Gasteiger partial charge in [-0.2, -0.15) is 18.3 Å². The smallest absolute Gasteiger partial charge is 0.308 e. The fraction of sp³-hybridized carbons (Fsp3) is 0.273. The van der Waals surface area contributed by atoms with Crippen molar-refractivity contribution in [3.8, 4) is 5.82 Å². The number of carbonyl (C=O) groups is 1. The number of nitrogens with zero attached hydrogens (tertiary/aromatic N) is 6. The highest BCUT2D eigenvalue weighted by Crippen LogP contribution is 2.32. The molecule has 7 nitrogen and oxygen atoms in total. The number of aromatic nitrogens is 5. The minimum Gasteiger partial charge on any atom is -0.308 e. The molecule has 0 saturated carbocycles. The van der Waals surface area contributed by atoms with Gasteiger partial charge in [0.1, 0.15) is 0 Å². The van der Waals surface area contributed by atoms with Crippen LogP contribution in [0.25, 0.3) is 16.9 Å². The molecule has 4 heterocycles. The van der Waals surface area contributed by atoms with Crippen molar-refractivity contribution in [3.63, 3.8) is 0 Å². The summed E-state index contributed by atoms with van der Waals surface area (Å²) >= 11 is 0. The lowest BCUT2D eigenvalue weighted by Gasteiger charge is -2.16. The summed E-state index contributed by atoms with van der Waals surface area (Å²) in [6.07, 6.45) is -2.26. The van der Waals surface area contributed by atoms with Crippen LogP contribution in [0.15, 0.2) is 48.8 Å². The van der Waals surface area contributed by atoms with Crippen LogP contribution in [-0.2, 0) is 12.7 Å². The Morgan fingerprint density at radius 2 is 1.84 bits per heavy atom. The second-order valence-corrected chi connectivity index (χ2v) is 7.92. The Morgan fingerprint density at radius 1 is 1.06 bits per heavy atom. The first-order chi connectivity index (χ1) is 15.3. The van der Waals surface area contributed by atoms with E-state index in [1.165, 1.54) is 16.9 Å². The molecule has 0 bridgehead atoms. The molecule has 0 unspecified atom stereocenters. The molecule has 1 aliphatic heterocycles. The highest BCUT2D eigenvalue weighted by molar-refractivity contribution is 6.07. The van der Waals surface area contributed by atoms with Crippen LogP contribution >= 0.6 is 0 Å². The fourth-order valence-electron chi connectivity index (χ4n) is 4.07. The highest BCUT2D eigenvalue weighted by atomic mass is 19.4. The van der Waals surface area contributed by atoms with Gasteiger partial charge in [0.2, 0.25) is 5.95 Å². The fourth-order valence-corrected chi connectivity index (χ4v) is 4.07. The summed E-state index contributed by atoms with van der Waals surface area (Å²) in [5.74, 6) is 0.420. The number of fused-ring (bicyclic) bond motifs is 3. The number of para-hydroxylation sites is 2. The molecule has 0 saturated heterocycles. The minimum atomic E-state index is -4.47. The summed E-state index contributed by atoms with van der Waals surface area (Å²) in [5, 5.41) is 4.29. The molecule has 0 aliphatic carbocycles. The van der Waals surface area contributed by atoms with Crippen LogP contribution in [0.1, 0.15) is 41.4 Å². The molecule has 0 spiro atoms. The lowest BCUT2D eigenvalue weighted by atomic mass is 10.0. The first-order valence-corrected chi connectivity index (χ1v) is 10.1. The Balaban J connectivity index is 1.53. The first-order valence-electron chi connectivity index (χ1n) is 10.1. The Kier molecular flexibility index (Phi) is 4.54. The maximum atomic E-state index is 13.5. The maximum absolute atomic E-state index is 13.5. The molecule has 0 N–H and O–H groups in total. The van der Waals surface area contributed by atoms with E-state index in [0.29, 0.717) is 30.3 Å². The van der Waals surface area contributed by atoms with Crippen molar-refractivity contribution in [3.05, 3.63) is 65.6 Å². The van der Waals surface area contributed by atoms with Gasteiger partial charge in [-0.15, -0.1) is 0 Å². The predicted molar refractivity (Wildman–Crippen MR) is 112 cm³/mol. The Hall–Kier alpha value is -3.69. The first kappa shape index (κ1) is 20.2. The second kappa shape index (κ2) is 7.18. The van der Waals surface area contributed by atoms with Crippen LogP contribution in [0.2, 0.25) is 0 Å². The normalized spacial score (nSPS) is 13.9. The van der Waals surface area contributed by atoms with Gasteiger partial charge in [-0.05, 0) is 30.2 Å². The summed E-state index contributed by atoms with van der Waals surface area (Å²) in [6, 6.07) is 9.91. The molecule has 4 aromatic rings. The van der Waals surface area contributed by atoms with Gasteiger partial charge in [0.15, 0.2) is 5.82 Å². The molecule has 5 rings (SSSR count). The quantitative estimate of drug-likeness (QED) is 0.473. The zero-order valence-corrected chi connectivity index (χ0v) is 17.3.